The lowest BCUT2D eigenvalue weighted by molar-refractivity contribution is 0.0959. The van der Waals surface area contributed by atoms with Crippen molar-refractivity contribution in [2.75, 3.05) is 20.2 Å². The Morgan fingerprint density at radius 2 is 2.19 bits per heavy atom. The first-order valence-electron chi connectivity index (χ1n) is 9.21. The molecule has 0 atom stereocenters. The molecule has 0 fully saturated rings. The van der Waals surface area contributed by atoms with Gasteiger partial charge in [0.05, 0.1) is 43.0 Å². The van der Waals surface area contributed by atoms with E-state index >= 15 is 0 Å². The molecule has 0 spiro atoms. The topological polar surface area (TPSA) is 67.9 Å². The summed E-state index contributed by atoms with van der Waals surface area (Å²) in [6.45, 7) is 5.61. The number of ether oxygens (including phenoxy) is 1. The second-order valence-electron chi connectivity index (χ2n) is 6.82. The number of aromatic nitrogens is 4. The van der Waals surface area contributed by atoms with Crippen LogP contribution in [0.25, 0.3) is 5.65 Å². The molecular formula is C19H24N6O2. The zero-order chi connectivity index (χ0) is 18.8. The molecular weight excluding hydrogens is 344 g/mol. The van der Waals surface area contributed by atoms with E-state index in [1.54, 1.807) is 4.90 Å². The fourth-order valence-corrected chi connectivity index (χ4v) is 3.48. The molecule has 0 bridgehead atoms. The first-order chi connectivity index (χ1) is 13.1. The van der Waals surface area contributed by atoms with E-state index in [9.17, 15) is 4.79 Å². The molecule has 8 nitrogen and oxygen atoms in total. The van der Waals surface area contributed by atoms with Crippen molar-refractivity contribution < 1.29 is 9.53 Å². The van der Waals surface area contributed by atoms with Crippen molar-refractivity contribution in [3.63, 3.8) is 0 Å². The zero-order valence-electron chi connectivity index (χ0n) is 15.7. The number of hydrogen-bond acceptors (Lipinski definition) is 5. The van der Waals surface area contributed by atoms with Gasteiger partial charge in [0.15, 0.2) is 0 Å². The van der Waals surface area contributed by atoms with E-state index in [4.69, 9.17) is 9.84 Å². The number of fused-ring (bicyclic) bond motifs is 2. The number of pyridine rings is 1. The van der Waals surface area contributed by atoms with Crippen LogP contribution in [0.5, 0.6) is 0 Å². The average Bonchev–Trinajstić information content (AvgIpc) is 3.25. The Labute approximate surface area is 158 Å². The van der Waals surface area contributed by atoms with Gasteiger partial charge in [0.1, 0.15) is 5.65 Å². The van der Waals surface area contributed by atoms with Crippen molar-refractivity contribution in [2.24, 2.45) is 0 Å². The van der Waals surface area contributed by atoms with Gasteiger partial charge in [-0.1, -0.05) is 6.07 Å². The standard InChI is InChI=1S/C19H24N6O2/c1-3-27-19(26)23-8-9-25-16(14-23)10-15(21-25)12-22(2)13-17-11-20-18-6-4-5-7-24(17)18/h4-7,10-11H,3,8-9,12-14H2,1-2H3. The molecule has 0 N–H and O–H groups in total. The Kier molecular flexibility index (Phi) is 4.81. The summed E-state index contributed by atoms with van der Waals surface area (Å²) >= 11 is 0. The lowest BCUT2D eigenvalue weighted by atomic mass is 10.3. The second-order valence-corrected chi connectivity index (χ2v) is 6.82. The highest BCUT2D eigenvalue weighted by atomic mass is 16.6. The minimum Gasteiger partial charge on any atom is -0.450 e. The summed E-state index contributed by atoms with van der Waals surface area (Å²) in [5.74, 6) is 0. The minimum atomic E-state index is -0.253. The summed E-state index contributed by atoms with van der Waals surface area (Å²) in [6, 6.07) is 8.08. The molecule has 0 radical (unpaired) electrons. The highest BCUT2D eigenvalue weighted by molar-refractivity contribution is 5.67. The molecule has 3 aromatic heterocycles. The van der Waals surface area contributed by atoms with Crippen LogP contribution in [0.1, 0.15) is 24.0 Å². The van der Waals surface area contributed by atoms with Crippen LogP contribution in [0.3, 0.4) is 0 Å². The quantitative estimate of drug-likeness (QED) is 0.690. The molecule has 0 saturated carbocycles. The van der Waals surface area contributed by atoms with Crippen LogP contribution in [-0.2, 0) is 30.9 Å². The van der Waals surface area contributed by atoms with Crippen LogP contribution in [0.2, 0.25) is 0 Å². The monoisotopic (exact) mass is 368 g/mol. The van der Waals surface area contributed by atoms with Crippen molar-refractivity contribution in [3.05, 3.63) is 53.7 Å². The van der Waals surface area contributed by atoms with E-state index in [1.165, 1.54) is 0 Å². The van der Waals surface area contributed by atoms with Gasteiger partial charge in [-0.2, -0.15) is 5.10 Å². The maximum atomic E-state index is 11.9. The van der Waals surface area contributed by atoms with Crippen LogP contribution in [0.4, 0.5) is 4.79 Å². The van der Waals surface area contributed by atoms with Gasteiger partial charge in [-0.25, -0.2) is 9.78 Å². The van der Waals surface area contributed by atoms with E-state index in [1.807, 2.05) is 42.2 Å². The molecule has 4 rings (SSSR count). The molecule has 1 amide bonds. The van der Waals surface area contributed by atoms with Gasteiger partial charge in [-0.3, -0.25) is 9.58 Å². The SMILES string of the molecule is CCOC(=O)N1CCn2nc(CN(C)Cc3cnc4ccccn34)cc2C1. The fraction of sp³-hybridized carbons (Fsp3) is 0.421. The van der Waals surface area contributed by atoms with Gasteiger partial charge in [-0.05, 0) is 32.2 Å². The molecule has 8 heteroatoms. The Balaban J connectivity index is 1.41. The van der Waals surface area contributed by atoms with E-state index in [2.05, 4.69) is 27.4 Å². The van der Waals surface area contributed by atoms with Crippen LogP contribution in [-0.4, -0.2) is 55.3 Å². The molecule has 1 aliphatic rings. The van der Waals surface area contributed by atoms with Crippen LogP contribution in [0.15, 0.2) is 36.7 Å². The fourth-order valence-electron chi connectivity index (χ4n) is 3.48. The number of carbonyl (C=O) groups is 1. The van der Waals surface area contributed by atoms with Crippen molar-refractivity contribution in [1.82, 2.24) is 29.0 Å². The number of carbonyl (C=O) groups excluding carboxylic acids is 1. The predicted octanol–water partition coefficient (Wildman–Crippen LogP) is 2.13. The average molecular weight is 368 g/mol. The molecule has 4 heterocycles. The lowest BCUT2D eigenvalue weighted by Crippen LogP contribution is -2.38. The summed E-state index contributed by atoms with van der Waals surface area (Å²) < 4.78 is 9.20. The Bertz CT molecular complexity index is 947. The molecule has 3 aromatic rings. The number of rotatable bonds is 5. The molecule has 0 saturated heterocycles. The van der Waals surface area contributed by atoms with Crippen molar-refractivity contribution in [2.45, 2.75) is 33.1 Å². The van der Waals surface area contributed by atoms with Crippen molar-refractivity contribution in [1.29, 1.82) is 0 Å². The highest BCUT2D eigenvalue weighted by Crippen LogP contribution is 2.16. The second kappa shape index (κ2) is 7.40. The molecule has 0 aliphatic carbocycles. The first-order valence-corrected chi connectivity index (χ1v) is 9.21. The Morgan fingerprint density at radius 1 is 1.30 bits per heavy atom. The Hall–Kier alpha value is -2.87. The number of nitrogens with zero attached hydrogens (tertiary/aromatic N) is 6. The van der Waals surface area contributed by atoms with Crippen molar-refractivity contribution in [3.8, 4) is 0 Å². The summed E-state index contributed by atoms with van der Waals surface area (Å²) in [7, 11) is 2.07. The molecule has 1 aliphatic heterocycles. The summed E-state index contributed by atoms with van der Waals surface area (Å²) in [4.78, 5) is 20.3. The maximum Gasteiger partial charge on any atom is 0.410 e. The largest absolute Gasteiger partial charge is 0.450 e. The van der Waals surface area contributed by atoms with Gasteiger partial charge >= 0.3 is 6.09 Å². The van der Waals surface area contributed by atoms with Crippen molar-refractivity contribution >= 4 is 11.7 Å². The van der Waals surface area contributed by atoms with E-state index in [0.717, 1.165) is 35.8 Å². The minimum absolute atomic E-state index is 0.253. The molecule has 142 valence electrons. The van der Waals surface area contributed by atoms with Crippen LogP contribution < -0.4 is 0 Å². The summed E-state index contributed by atoms with van der Waals surface area (Å²) in [5, 5.41) is 4.70. The van der Waals surface area contributed by atoms with Crippen LogP contribution in [0, 0.1) is 0 Å². The zero-order valence-corrected chi connectivity index (χ0v) is 15.7. The maximum absolute atomic E-state index is 11.9. The summed E-state index contributed by atoms with van der Waals surface area (Å²) in [6.07, 6.45) is 3.70. The summed E-state index contributed by atoms with van der Waals surface area (Å²) in [5.41, 5.74) is 4.16. The van der Waals surface area contributed by atoms with Gasteiger partial charge < -0.3 is 14.0 Å². The van der Waals surface area contributed by atoms with Gasteiger partial charge in [0, 0.05) is 25.8 Å². The number of hydrogen-bond donors (Lipinski definition) is 0. The Morgan fingerprint density at radius 3 is 3.04 bits per heavy atom. The predicted molar refractivity (Wildman–Crippen MR) is 100 cm³/mol. The molecule has 27 heavy (non-hydrogen) atoms. The number of imidazole rings is 1. The normalized spacial score (nSPS) is 14.0. The van der Waals surface area contributed by atoms with Gasteiger partial charge in [0.25, 0.3) is 0 Å². The highest BCUT2D eigenvalue weighted by Gasteiger charge is 2.23. The molecule has 0 unspecified atom stereocenters. The van der Waals surface area contributed by atoms with E-state index in [-0.39, 0.29) is 6.09 Å². The van der Waals surface area contributed by atoms with Gasteiger partial charge in [0.2, 0.25) is 0 Å². The van der Waals surface area contributed by atoms with E-state index < -0.39 is 0 Å². The number of amides is 1. The third-order valence-electron chi connectivity index (χ3n) is 4.73. The third kappa shape index (κ3) is 3.66. The third-order valence-corrected chi connectivity index (χ3v) is 4.73. The first kappa shape index (κ1) is 17.5. The van der Waals surface area contributed by atoms with E-state index in [0.29, 0.717) is 26.2 Å². The smallest absolute Gasteiger partial charge is 0.410 e. The molecule has 0 aromatic carbocycles. The lowest BCUT2D eigenvalue weighted by Gasteiger charge is -2.26. The van der Waals surface area contributed by atoms with Crippen LogP contribution >= 0.6 is 0 Å². The van der Waals surface area contributed by atoms with Gasteiger partial charge in [-0.15, -0.1) is 0 Å².